The monoisotopic (exact) mass is 345 g/mol. The minimum atomic E-state index is -0.562. The third kappa shape index (κ3) is 5.03. The molecule has 5 heteroatoms. The van der Waals surface area contributed by atoms with E-state index in [1.165, 1.54) is 31.5 Å². The zero-order valence-corrected chi connectivity index (χ0v) is 15.3. The molecule has 1 aromatic rings. The van der Waals surface area contributed by atoms with Crippen LogP contribution in [0.2, 0.25) is 0 Å². The van der Waals surface area contributed by atoms with Gasteiger partial charge in [-0.2, -0.15) is 0 Å². The molecule has 1 atom stereocenters. The molecule has 3 rings (SSSR count). The van der Waals surface area contributed by atoms with Gasteiger partial charge in [-0.15, -0.1) is 0 Å². The quantitative estimate of drug-likeness (QED) is 0.858. The Morgan fingerprint density at radius 1 is 1.16 bits per heavy atom. The molecule has 0 spiro atoms. The molecule has 1 aromatic carbocycles. The number of benzene rings is 1. The summed E-state index contributed by atoms with van der Waals surface area (Å²) in [7, 11) is 0. The first-order valence-corrected chi connectivity index (χ1v) is 9.58. The van der Waals surface area contributed by atoms with E-state index in [-0.39, 0.29) is 12.0 Å². The Morgan fingerprint density at radius 3 is 2.44 bits per heavy atom. The second kappa shape index (κ2) is 8.79. The number of likely N-dealkylation sites (tertiary alicyclic amines) is 2. The van der Waals surface area contributed by atoms with E-state index < -0.39 is 6.04 Å². The molecular formula is C20H31N3O2. The molecule has 138 valence electrons. The number of aryl methyl sites for hydroxylation is 1. The minimum Gasteiger partial charge on any atom is -0.377 e. The van der Waals surface area contributed by atoms with Gasteiger partial charge in [0.2, 0.25) is 5.91 Å². The molecule has 0 aromatic heterocycles. The smallest absolute Gasteiger partial charge is 0.244 e. The van der Waals surface area contributed by atoms with Crippen molar-refractivity contribution in [1.82, 2.24) is 9.80 Å². The Bertz CT molecular complexity index is 547. The van der Waals surface area contributed by atoms with Gasteiger partial charge < -0.3 is 20.3 Å². The van der Waals surface area contributed by atoms with Gasteiger partial charge in [0.05, 0.1) is 12.7 Å². The highest BCUT2D eigenvalue weighted by Gasteiger charge is 2.27. The zero-order chi connectivity index (χ0) is 17.6. The standard InChI is InChI=1S/C20H31N3O2/c1-16-4-6-17(7-5-16)19(21)20(24)23-12-8-18(9-13-23)25-15-14-22-10-2-3-11-22/h4-7,18-19H,2-3,8-15,21H2,1H3. The lowest BCUT2D eigenvalue weighted by Gasteiger charge is -2.33. The van der Waals surface area contributed by atoms with Crippen LogP contribution in [0.1, 0.15) is 42.9 Å². The van der Waals surface area contributed by atoms with Crippen molar-refractivity contribution in [1.29, 1.82) is 0 Å². The van der Waals surface area contributed by atoms with Gasteiger partial charge in [-0.25, -0.2) is 0 Å². The predicted molar refractivity (Wildman–Crippen MR) is 99.3 cm³/mol. The Balaban J connectivity index is 1.40. The van der Waals surface area contributed by atoms with Gasteiger partial charge in [0.1, 0.15) is 6.04 Å². The van der Waals surface area contributed by atoms with Crippen molar-refractivity contribution in [2.75, 3.05) is 39.3 Å². The fourth-order valence-corrected chi connectivity index (χ4v) is 3.71. The summed E-state index contributed by atoms with van der Waals surface area (Å²) in [6.07, 6.45) is 4.74. The Hall–Kier alpha value is -1.43. The summed E-state index contributed by atoms with van der Waals surface area (Å²) in [6, 6.07) is 7.34. The van der Waals surface area contributed by atoms with E-state index in [0.717, 1.165) is 44.6 Å². The van der Waals surface area contributed by atoms with Crippen LogP contribution in [-0.4, -0.2) is 61.1 Å². The summed E-state index contributed by atoms with van der Waals surface area (Å²) in [6.45, 7) is 7.80. The first-order valence-electron chi connectivity index (χ1n) is 9.58. The van der Waals surface area contributed by atoms with Gasteiger partial charge >= 0.3 is 0 Å². The molecule has 2 aliphatic rings. The third-order valence-electron chi connectivity index (χ3n) is 5.42. The van der Waals surface area contributed by atoms with E-state index >= 15 is 0 Å². The number of carbonyl (C=O) groups is 1. The highest BCUT2D eigenvalue weighted by atomic mass is 16.5. The number of nitrogens with zero attached hydrogens (tertiary/aromatic N) is 2. The van der Waals surface area contributed by atoms with Gasteiger partial charge in [0.15, 0.2) is 0 Å². The lowest BCUT2D eigenvalue weighted by molar-refractivity contribution is -0.135. The van der Waals surface area contributed by atoms with Crippen LogP contribution >= 0.6 is 0 Å². The predicted octanol–water partition coefficient (Wildman–Crippen LogP) is 2.10. The van der Waals surface area contributed by atoms with Gasteiger partial charge in [-0.05, 0) is 51.3 Å². The number of amides is 1. The van der Waals surface area contributed by atoms with E-state index in [2.05, 4.69) is 4.90 Å². The number of carbonyl (C=O) groups excluding carboxylic acids is 1. The fourth-order valence-electron chi connectivity index (χ4n) is 3.71. The molecule has 0 aliphatic carbocycles. The summed E-state index contributed by atoms with van der Waals surface area (Å²) in [4.78, 5) is 17.0. The van der Waals surface area contributed by atoms with E-state index in [4.69, 9.17) is 10.5 Å². The fraction of sp³-hybridized carbons (Fsp3) is 0.650. The maximum absolute atomic E-state index is 12.6. The van der Waals surface area contributed by atoms with Crippen LogP contribution in [-0.2, 0) is 9.53 Å². The van der Waals surface area contributed by atoms with Crippen LogP contribution in [0.15, 0.2) is 24.3 Å². The molecule has 2 aliphatic heterocycles. The summed E-state index contributed by atoms with van der Waals surface area (Å²) < 4.78 is 6.02. The van der Waals surface area contributed by atoms with Crippen molar-refractivity contribution in [2.24, 2.45) is 5.73 Å². The number of nitrogens with two attached hydrogens (primary N) is 1. The van der Waals surface area contributed by atoms with E-state index in [1.54, 1.807) is 0 Å². The molecule has 5 nitrogen and oxygen atoms in total. The van der Waals surface area contributed by atoms with E-state index in [9.17, 15) is 4.79 Å². The second-order valence-electron chi connectivity index (χ2n) is 7.33. The topological polar surface area (TPSA) is 58.8 Å². The molecule has 2 fully saturated rings. The SMILES string of the molecule is Cc1ccc(C(N)C(=O)N2CCC(OCCN3CCCC3)CC2)cc1. The third-order valence-corrected chi connectivity index (χ3v) is 5.42. The van der Waals surface area contributed by atoms with Crippen molar-refractivity contribution in [3.05, 3.63) is 35.4 Å². The molecule has 1 unspecified atom stereocenters. The normalized spacial score (nSPS) is 20.8. The number of rotatable bonds is 6. The summed E-state index contributed by atoms with van der Waals surface area (Å²) in [5.41, 5.74) is 8.24. The molecule has 2 heterocycles. The van der Waals surface area contributed by atoms with Crippen LogP contribution in [0, 0.1) is 6.92 Å². The van der Waals surface area contributed by atoms with Crippen LogP contribution in [0.4, 0.5) is 0 Å². The molecule has 1 amide bonds. The van der Waals surface area contributed by atoms with Crippen LogP contribution < -0.4 is 5.73 Å². The molecule has 0 bridgehead atoms. The number of hydrogen-bond donors (Lipinski definition) is 1. The molecule has 0 radical (unpaired) electrons. The van der Waals surface area contributed by atoms with Gasteiger partial charge in [-0.3, -0.25) is 4.79 Å². The van der Waals surface area contributed by atoms with E-state index in [0.29, 0.717) is 0 Å². The van der Waals surface area contributed by atoms with Crippen molar-refractivity contribution < 1.29 is 9.53 Å². The van der Waals surface area contributed by atoms with Crippen molar-refractivity contribution in [3.63, 3.8) is 0 Å². The maximum Gasteiger partial charge on any atom is 0.244 e. The lowest BCUT2D eigenvalue weighted by Crippen LogP contribution is -2.45. The zero-order valence-electron chi connectivity index (χ0n) is 15.3. The molecule has 0 saturated carbocycles. The van der Waals surface area contributed by atoms with Crippen molar-refractivity contribution >= 4 is 5.91 Å². The molecular weight excluding hydrogens is 314 g/mol. The molecule has 2 N–H and O–H groups in total. The van der Waals surface area contributed by atoms with Crippen LogP contribution in [0.5, 0.6) is 0 Å². The summed E-state index contributed by atoms with van der Waals surface area (Å²) >= 11 is 0. The van der Waals surface area contributed by atoms with Gasteiger partial charge in [0.25, 0.3) is 0 Å². The average molecular weight is 345 g/mol. The largest absolute Gasteiger partial charge is 0.377 e. The van der Waals surface area contributed by atoms with Crippen LogP contribution in [0.3, 0.4) is 0 Å². The highest BCUT2D eigenvalue weighted by Crippen LogP contribution is 2.19. The molecule has 25 heavy (non-hydrogen) atoms. The van der Waals surface area contributed by atoms with Crippen molar-refractivity contribution in [3.8, 4) is 0 Å². The first kappa shape index (κ1) is 18.4. The Morgan fingerprint density at radius 2 is 1.80 bits per heavy atom. The Labute approximate surface area is 151 Å². The van der Waals surface area contributed by atoms with Crippen molar-refractivity contribution in [2.45, 2.75) is 44.8 Å². The second-order valence-corrected chi connectivity index (χ2v) is 7.33. The summed E-state index contributed by atoms with van der Waals surface area (Å²) in [5.74, 6) is 0.0272. The van der Waals surface area contributed by atoms with Gasteiger partial charge in [-0.1, -0.05) is 29.8 Å². The minimum absolute atomic E-state index is 0.0272. The Kier molecular flexibility index (Phi) is 6.45. The van der Waals surface area contributed by atoms with Crippen LogP contribution in [0.25, 0.3) is 0 Å². The first-order chi connectivity index (χ1) is 12.1. The number of ether oxygens (including phenoxy) is 1. The average Bonchev–Trinajstić information content (AvgIpc) is 3.15. The summed E-state index contributed by atoms with van der Waals surface area (Å²) in [5, 5.41) is 0. The van der Waals surface area contributed by atoms with Gasteiger partial charge in [0, 0.05) is 19.6 Å². The highest BCUT2D eigenvalue weighted by molar-refractivity contribution is 5.83. The maximum atomic E-state index is 12.6. The number of hydrogen-bond acceptors (Lipinski definition) is 4. The van der Waals surface area contributed by atoms with E-state index in [1.807, 2.05) is 36.1 Å². The lowest BCUT2D eigenvalue weighted by atomic mass is 10.0. The number of piperidine rings is 1. The molecule has 2 saturated heterocycles.